The first-order valence-corrected chi connectivity index (χ1v) is 7.78. The van der Waals surface area contributed by atoms with Gasteiger partial charge in [-0.05, 0) is 48.1 Å². The fourth-order valence-electron chi connectivity index (χ4n) is 2.83. The third-order valence-corrected chi connectivity index (χ3v) is 4.64. The van der Waals surface area contributed by atoms with Gasteiger partial charge in [0.2, 0.25) is 0 Å². The molecule has 0 aliphatic carbocycles. The molecular weight excluding hydrogens is 282 g/mol. The van der Waals surface area contributed by atoms with Crippen LogP contribution in [-0.2, 0) is 12.8 Å². The van der Waals surface area contributed by atoms with E-state index in [1.165, 1.54) is 11.1 Å². The first kappa shape index (κ1) is 14.4. The van der Waals surface area contributed by atoms with Gasteiger partial charge in [-0.1, -0.05) is 41.9 Å². The van der Waals surface area contributed by atoms with E-state index in [2.05, 4.69) is 18.2 Å². The number of ether oxygens (including phenoxy) is 1. The van der Waals surface area contributed by atoms with Crippen LogP contribution in [0.1, 0.15) is 34.7 Å². The van der Waals surface area contributed by atoms with Gasteiger partial charge in [-0.15, -0.1) is 0 Å². The molecule has 0 spiro atoms. The molecule has 0 saturated heterocycles. The van der Waals surface area contributed by atoms with Crippen molar-refractivity contribution in [1.29, 1.82) is 0 Å². The smallest absolute Gasteiger partial charge is 0.122 e. The maximum Gasteiger partial charge on any atom is 0.122 e. The Kier molecular flexibility index (Phi) is 4.18. The summed E-state index contributed by atoms with van der Waals surface area (Å²) in [6, 6.07) is 12.5. The quantitative estimate of drug-likeness (QED) is 0.918. The van der Waals surface area contributed by atoms with Crippen molar-refractivity contribution in [1.82, 2.24) is 0 Å². The topological polar surface area (TPSA) is 35.2 Å². The van der Waals surface area contributed by atoms with E-state index in [9.17, 15) is 0 Å². The third kappa shape index (κ3) is 3.07. The van der Waals surface area contributed by atoms with Gasteiger partial charge in [0, 0.05) is 17.5 Å². The maximum absolute atomic E-state index is 6.35. The second kappa shape index (κ2) is 6.08. The van der Waals surface area contributed by atoms with Crippen LogP contribution in [-0.4, -0.2) is 6.61 Å². The van der Waals surface area contributed by atoms with Gasteiger partial charge >= 0.3 is 0 Å². The Bertz CT molecular complexity index is 654. The summed E-state index contributed by atoms with van der Waals surface area (Å²) in [5.74, 6) is 1.03. The van der Waals surface area contributed by atoms with Crippen molar-refractivity contribution >= 4 is 11.6 Å². The zero-order valence-corrected chi connectivity index (χ0v) is 13.0. The number of aryl methyl sites for hydroxylation is 2. The van der Waals surface area contributed by atoms with Crippen LogP contribution >= 0.6 is 11.6 Å². The van der Waals surface area contributed by atoms with Gasteiger partial charge in [-0.25, -0.2) is 0 Å². The van der Waals surface area contributed by atoms with E-state index in [1.54, 1.807) is 0 Å². The largest absolute Gasteiger partial charge is 0.493 e. The molecule has 1 unspecified atom stereocenters. The minimum Gasteiger partial charge on any atom is -0.493 e. The lowest BCUT2D eigenvalue weighted by Crippen LogP contribution is -2.12. The molecule has 1 heterocycles. The molecular formula is C18H20ClNO. The average molecular weight is 302 g/mol. The van der Waals surface area contributed by atoms with Gasteiger partial charge < -0.3 is 10.5 Å². The fraction of sp³-hybridized carbons (Fsp3) is 0.333. The van der Waals surface area contributed by atoms with Gasteiger partial charge in [0.15, 0.2) is 0 Å². The molecule has 2 nitrogen and oxygen atoms in total. The summed E-state index contributed by atoms with van der Waals surface area (Å²) in [5.41, 5.74) is 11.1. The van der Waals surface area contributed by atoms with E-state index in [0.717, 1.165) is 47.8 Å². The van der Waals surface area contributed by atoms with Crippen LogP contribution in [0.5, 0.6) is 5.75 Å². The zero-order valence-electron chi connectivity index (χ0n) is 12.2. The highest BCUT2D eigenvalue weighted by Crippen LogP contribution is 2.29. The summed E-state index contributed by atoms with van der Waals surface area (Å²) in [5, 5.41) is 0.798. The summed E-state index contributed by atoms with van der Waals surface area (Å²) < 4.78 is 5.54. The van der Waals surface area contributed by atoms with Gasteiger partial charge in [0.25, 0.3) is 0 Å². The molecule has 1 aliphatic heterocycles. The second-order valence-electron chi connectivity index (χ2n) is 5.66. The Morgan fingerprint density at radius 1 is 1.29 bits per heavy atom. The number of rotatable bonds is 4. The van der Waals surface area contributed by atoms with E-state index in [0.29, 0.717) is 0 Å². The molecule has 0 amide bonds. The minimum absolute atomic E-state index is 0.0260. The summed E-state index contributed by atoms with van der Waals surface area (Å²) in [7, 11) is 0. The first-order chi connectivity index (χ1) is 10.1. The fourth-order valence-corrected chi connectivity index (χ4v) is 3.10. The summed E-state index contributed by atoms with van der Waals surface area (Å²) >= 11 is 6.35. The van der Waals surface area contributed by atoms with Gasteiger partial charge in [0.1, 0.15) is 5.75 Å². The monoisotopic (exact) mass is 301 g/mol. The van der Waals surface area contributed by atoms with Gasteiger partial charge in [0.05, 0.1) is 6.61 Å². The van der Waals surface area contributed by atoms with Crippen LogP contribution in [0.2, 0.25) is 5.02 Å². The molecule has 0 bridgehead atoms. The number of fused-ring (bicyclic) bond motifs is 1. The van der Waals surface area contributed by atoms with Crippen LogP contribution in [0.3, 0.4) is 0 Å². The van der Waals surface area contributed by atoms with E-state index >= 15 is 0 Å². The Balaban J connectivity index is 1.68. The van der Waals surface area contributed by atoms with E-state index < -0.39 is 0 Å². The highest BCUT2D eigenvalue weighted by Gasteiger charge is 2.14. The Hall–Kier alpha value is -1.51. The SMILES string of the molecule is Cc1cccc(C(N)CCc2ccc3c(c2)CCO3)c1Cl. The lowest BCUT2D eigenvalue weighted by Gasteiger charge is -2.15. The van der Waals surface area contributed by atoms with Crippen LogP contribution in [0.15, 0.2) is 36.4 Å². The summed E-state index contributed by atoms with van der Waals surface area (Å²) in [4.78, 5) is 0. The number of halogens is 1. The van der Waals surface area contributed by atoms with Crippen LogP contribution in [0, 0.1) is 6.92 Å². The van der Waals surface area contributed by atoms with E-state index in [1.807, 2.05) is 25.1 Å². The Morgan fingerprint density at radius 3 is 3.00 bits per heavy atom. The molecule has 21 heavy (non-hydrogen) atoms. The highest BCUT2D eigenvalue weighted by molar-refractivity contribution is 6.32. The molecule has 2 aromatic carbocycles. The summed E-state index contributed by atoms with van der Waals surface area (Å²) in [6.07, 6.45) is 2.86. The van der Waals surface area contributed by atoms with Crippen molar-refractivity contribution in [2.24, 2.45) is 5.73 Å². The summed E-state index contributed by atoms with van der Waals surface area (Å²) in [6.45, 7) is 2.82. The van der Waals surface area contributed by atoms with Crippen molar-refractivity contribution in [3.8, 4) is 5.75 Å². The molecule has 1 aliphatic rings. The molecule has 3 rings (SSSR count). The van der Waals surface area contributed by atoms with Crippen LogP contribution < -0.4 is 10.5 Å². The molecule has 3 heteroatoms. The van der Waals surface area contributed by atoms with Crippen molar-refractivity contribution in [3.63, 3.8) is 0 Å². The van der Waals surface area contributed by atoms with Crippen molar-refractivity contribution in [2.75, 3.05) is 6.61 Å². The normalized spacial score (nSPS) is 14.6. The number of nitrogens with two attached hydrogens (primary N) is 1. The van der Waals surface area contributed by atoms with Crippen molar-refractivity contribution in [2.45, 2.75) is 32.2 Å². The van der Waals surface area contributed by atoms with Crippen molar-refractivity contribution < 1.29 is 4.74 Å². The highest BCUT2D eigenvalue weighted by atomic mass is 35.5. The average Bonchev–Trinajstić information content (AvgIpc) is 2.95. The molecule has 110 valence electrons. The number of benzene rings is 2. The van der Waals surface area contributed by atoms with Crippen molar-refractivity contribution in [3.05, 3.63) is 63.7 Å². The number of hydrogen-bond donors (Lipinski definition) is 1. The van der Waals surface area contributed by atoms with Crippen LogP contribution in [0.4, 0.5) is 0 Å². The number of hydrogen-bond acceptors (Lipinski definition) is 2. The lowest BCUT2D eigenvalue weighted by molar-refractivity contribution is 0.357. The predicted molar refractivity (Wildman–Crippen MR) is 87.1 cm³/mol. The van der Waals surface area contributed by atoms with Gasteiger partial charge in [-0.2, -0.15) is 0 Å². The molecule has 2 N–H and O–H groups in total. The standard InChI is InChI=1S/C18H20ClNO/c1-12-3-2-4-15(18(12)19)16(20)7-5-13-6-8-17-14(11-13)9-10-21-17/h2-4,6,8,11,16H,5,7,9-10,20H2,1H3. The second-order valence-corrected chi connectivity index (χ2v) is 6.04. The molecule has 0 saturated carbocycles. The zero-order chi connectivity index (χ0) is 14.8. The van der Waals surface area contributed by atoms with E-state index in [-0.39, 0.29) is 6.04 Å². The Morgan fingerprint density at radius 2 is 2.14 bits per heavy atom. The van der Waals surface area contributed by atoms with Crippen LogP contribution in [0.25, 0.3) is 0 Å². The maximum atomic E-state index is 6.35. The third-order valence-electron chi connectivity index (χ3n) is 4.12. The molecule has 0 aromatic heterocycles. The van der Waals surface area contributed by atoms with Gasteiger partial charge in [-0.3, -0.25) is 0 Å². The van der Waals surface area contributed by atoms with E-state index in [4.69, 9.17) is 22.1 Å². The minimum atomic E-state index is -0.0260. The predicted octanol–water partition coefficient (Wildman–Crippen LogP) is 4.22. The molecule has 1 atom stereocenters. The molecule has 2 aromatic rings. The Labute approximate surface area is 130 Å². The lowest BCUT2D eigenvalue weighted by atomic mass is 9.97. The first-order valence-electron chi connectivity index (χ1n) is 7.40. The molecule has 0 radical (unpaired) electrons. The molecule has 0 fully saturated rings.